The van der Waals surface area contributed by atoms with Crippen LogP contribution in [0, 0.1) is 5.92 Å². The number of carbonyl (C=O) groups is 2. The summed E-state index contributed by atoms with van der Waals surface area (Å²) in [6.45, 7) is 4.94. The quantitative estimate of drug-likeness (QED) is 0.753. The van der Waals surface area contributed by atoms with Crippen LogP contribution >= 0.6 is 0 Å². The second-order valence-electron chi connectivity index (χ2n) is 4.25. The number of amides is 2. The summed E-state index contributed by atoms with van der Waals surface area (Å²) in [5.74, 6) is -0.701. The first-order chi connectivity index (χ1) is 8.09. The molecular formula is C12H18N2O3. The average Bonchev–Trinajstić information content (AvgIpc) is 2.78. The van der Waals surface area contributed by atoms with E-state index in [1.54, 1.807) is 6.07 Å². The van der Waals surface area contributed by atoms with Gasteiger partial charge in [-0.15, -0.1) is 0 Å². The lowest BCUT2D eigenvalue weighted by Gasteiger charge is -2.07. The van der Waals surface area contributed by atoms with Crippen molar-refractivity contribution >= 4 is 11.8 Å². The van der Waals surface area contributed by atoms with Gasteiger partial charge in [0.1, 0.15) is 0 Å². The molecule has 2 N–H and O–H groups in total. The van der Waals surface area contributed by atoms with E-state index in [0.717, 1.165) is 12.0 Å². The van der Waals surface area contributed by atoms with Crippen LogP contribution in [0.3, 0.4) is 0 Å². The van der Waals surface area contributed by atoms with Crippen LogP contribution in [-0.2, 0) is 16.1 Å². The zero-order valence-electron chi connectivity index (χ0n) is 10.2. The van der Waals surface area contributed by atoms with Gasteiger partial charge in [-0.25, -0.2) is 0 Å². The molecule has 1 aromatic rings. The van der Waals surface area contributed by atoms with Gasteiger partial charge in [0.15, 0.2) is 0 Å². The Bertz CT molecular complexity index is 358. The van der Waals surface area contributed by atoms with Crippen molar-refractivity contribution in [1.29, 1.82) is 0 Å². The van der Waals surface area contributed by atoms with E-state index in [9.17, 15) is 9.59 Å². The highest BCUT2D eigenvalue weighted by molar-refractivity contribution is 6.35. The zero-order valence-corrected chi connectivity index (χ0v) is 10.2. The summed E-state index contributed by atoms with van der Waals surface area (Å²) in [7, 11) is 0. The number of nitrogens with one attached hydrogen (secondary N) is 2. The molecule has 1 rings (SSSR count). The van der Waals surface area contributed by atoms with E-state index in [1.807, 2.05) is 0 Å². The Hall–Kier alpha value is -1.78. The van der Waals surface area contributed by atoms with Crippen molar-refractivity contribution in [2.24, 2.45) is 5.92 Å². The highest BCUT2D eigenvalue weighted by Gasteiger charge is 2.12. The second-order valence-corrected chi connectivity index (χ2v) is 4.25. The Kier molecular flexibility index (Phi) is 5.26. The van der Waals surface area contributed by atoms with Gasteiger partial charge in [-0.1, -0.05) is 13.8 Å². The summed E-state index contributed by atoms with van der Waals surface area (Å²) in [6.07, 6.45) is 3.90. The van der Waals surface area contributed by atoms with E-state index < -0.39 is 11.8 Å². The minimum Gasteiger partial charge on any atom is -0.472 e. The first-order valence-corrected chi connectivity index (χ1v) is 5.66. The number of carbonyl (C=O) groups excluding carboxylic acids is 2. The van der Waals surface area contributed by atoms with Gasteiger partial charge >= 0.3 is 11.8 Å². The maximum atomic E-state index is 11.4. The van der Waals surface area contributed by atoms with Crippen molar-refractivity contribution in [3.05, 3.63) is 24.2 Å². The Morgan fingerprint density at radius 1 is 1.29 bits per heavy atom. The number of furan rings is 1. The molecule has 5 heteroatoms. The molecule has 0 radical (unpaired) electrons. The first kappa shape index (κ1) is 13.3. The van der Waals surface area contributed by atoms with Crippen molar-refractivity contribution in [1.82, 2.24) is 10.6 Å². The Labute approximate surface area is 101 Å². The summed E-state index contributed by atoms with van der Waals surface area (Å²) in [5, 5.41) is 5.08. The fraction of sp³-hybridized carbons (Fsp3) is 0.500. The third-order valence-electron chi connectivity index (χ3n) is 2.25. The van der Waals surface area contributed by atoms with Gasteiger partial charge in [0, 0.05) is 18.7 Å². The molecule has 0 aliphatic carbocycles. The smallest absolute Gasteiger partial charge is 0.309 e. The lowest BCUT2D eigenvalue weighted by atomic mass is 10.1. The van der Waals surface area contributed by atoms with Gasteiger partial charge in [-0.3, -0.25) is 9.59 Å². The molecule has 0 spiro atoms. The summed E-state index contributed by atoms with van der Waals surface area (Å²) >= 11 is 0. The molecular weight excluding hydrogens is 220 g/mol. The number of hydrogen-bond donors (Lipinski definition) is 2. The van der Waals surface area contributed by atoms with Gasteiger partial charge in [0.25, 0.3) is 0 Å². The van der Waals surface area contributed by atoms with Crippen molar-refractivity contribution < 1.29 is 14.0 Å². The fourth-order valence-electron chi connectivity index (χ4n) is 1.21. The molecule has 0 fully saturated rings. The molecule has 0 aromatic carbocycles. The molecule has 0 atom stereocenters. The van der Waals surface area contributed by atoms with Crippen LogP contribution in [0.5, 0.6) is 0 Å². The summed E-state index contributed by atoms with van der Waals surface area (Å²) in [6, 6.07) is 1.73. The maximum absolute atomic E-state index is 11.4. The fourth-order valence-corrected chi connectivity index (χ4v) is 1.21. The van der Waals surface area contributed by atoms with Crippen molar-refractivity contribution in [2.45, 2.75) is 26.8 Å². The molecule has 0 bridgehead atoms. The van der Waals surface area contributed by atoms with Crippen LogP contribution in [0.15, 0.2) is 23.0 Å². The van der Waals surface area contributed by atoms with Crippen LogP contribution in [0.25, 0.3) is 0 Å². The monoisotopic (exact) mass is 238 g/mol. The SMILES string of the molecule is CC(C)CCNC(=O)C(=O)NCc1ccoc1. The summed E-state index contributed by atoms with van der Waals surface area (Å²) in [4.78, 5) is 22.7. The van der Waals surface area contributed by atoms with Crippen LogP contribution in [0.1, 0.15) is 25.8 Å². The third-order valence-corrected chi connectivity index (χ3v) is 2.25. The maximum Gasteiger partial charge on any atom is 0.309 e. The number of hydrogen-bond acceptors (Lipinski definition) is 3. The Morgan fingerprint density at radius 3 is 2.59 bits per heavy atom. The standard InChI is InChI=1S/C12H18N2O3/c1-9(2)3-5-13-11(15)12(16)14-7-10-4-6-17-8-10/h4,6,8-9H,3,5,7H2,1-2H3,(H,13,15)(H,14,16). The van der Waals surface area contributed by atoms with E-state index in [2.05, 4.69) is 24.5 Å². The molecule has 1 aromatic heterocycles. The summed E-state index contributed by atoms with van der Waals surface area (Å²) < 4.78 is 4.85. The van der Waals surface area contributed by atoms with Crippen LogP contribution in [0.4, 0.5) is 0 Å². The predicted octanol–water partition coefficient (Wildman–Crippen LogP) is 1.06. The average molecular weight is 238 g/mol. The van der Waals surface area contributed by atoms with E-state index in [1.165, 1.54) is 12.5 Å². The Balaban J connectivity index is 2.20. The van der Waals surface area contributed by atoms with Crippen molar-refractivity contribution in [3.63, 3.8) is 0 Å². The zero-order chi connectivity index (χ0) is 12.7. The molecule has 0 saturated carbocycles. The minimum absolute atomic E-state index is 0.299. The van der Waals surface area contributed by atoms with E-state index in [-0.39, 0.29) is 0 Å². The molecule has 17 heavy (non-hydrogen) atoms. The molecule has 2 amide bonds. The molecule has 0 unspecified atom stereocenters. The van der Waals surface area contributed by atoms with Crippen LogP contribution < -0.4 is 10.6 Å². The largest absolute Gasteiger partial charge is 0.472 e. The van der Waals surface area contributed by atoms with Gasteiger partial charge in [0.2, 0.25) is 0 Å². The topological polar surface area (TPSA) is 71.3 Å². The molecule has 0 aliphatic heterocycles. The number of rotatable bonds is 5. The minimum atomic E-state index is -0.616. The molecule has 94 valence electrons. The van der Waals surface area contributed by atoms with Crippen LogP contribution in [0.2, 0.25) is 0 Å². The predicted molar refractivity (Wildman–Crippen MR) is 63.0 cm³/mol. The van der Waals surface area contributed by atoms with E-state index in [0.29, 0.717) is 19.0 Å². The van der Waals surface area contributed by atoms with E-state index >= 15 is 0 Å². The van der Waals surface area contributed by atoms with Crippen LogP contribution in [-0.4, -0.2) is 18.4 Å². The van der Waals surface area contributed by atoms with Gasteiger partial charge in [0.05, 0.1) is 12.5 Å². The lowest BCUT2D eigenvalue weighted by molar-refractivity contribution is -0.139. The molecule has 0 saturated heterocycles. The first-order valence-electron chi connectivity index (χ1n) is 5.66. The van der Waals surface area contributed by atoms with Crippen molar-refractivity contribution in [2.75, 3.05) is 6.54 Å². The third kappa shape index (κ3) is 5.19. The Morgan fingerprint density at radius 2 is 2.00 bits per heavy atom. The van der Waals surface area contributed by atoms with Gasteiger partial charge < -0.3 is 15.1 Å². The normalized spacial score (nSPS) is 10.3. The highest BCUT2D eigenvalue weighted by atomic mass is 16.3. The van der Waals surface area contributed by atoms with Gasteiger partial charge in [-0.05, 0) is 18.4 Å². The molecule has 1 heterocycles. The highest BCUT2D eigenvalue weighted by Crippen LogP contribution is 1.98. The molecule has 0 aliphatic rings. The van der Waals surface area contributed by atoms with Crippen molar-refractivity contribution in [3.8, 4) is 0 Å². The van der Waals surface area contributed by atoms with Gasteiger partial charge in [-0.2, -0.15) is 0 Å². The molecule has 5 nitrogen and oxygen atoms in total. The lowest BCUT2D eigenvalue weighted by Crippen LogP contribution is -2.40. The second kappa shape index (κ2) is 6.73. The van der Waals surface area contributed by atoms with E-state index in [4.69, 9.17) is 4.42 Å². The summed E-state index contributed by atoms with van der Waals surface area (Å²) in [5.41, 5.74) is 0.827.